The Bertz CT molecular complexity index is 795. The summed E-state index contributed by atoms with van der Waals surface area (Å²) in [5, 5.41) is 0. The van der Waals surface area contributed by atoms with Crippen LogP contribution in [0.15, 0.2) is 42.3 Å². The van der Waals surface area contributed by atoms with E-state index in [0.717, 1.165) is 42.4 Å². The number of piperidine rings is 1. The van der Waals surface area contributed by atoms with Crippen LogP contribution in [0, 0.1) is 12.8 Å². The van der Waals surface area contributed by atoms with Gasteiger partial charge in [0.15, 0.2) is 0 Å². The first-order chi connectivity index (χ1) is 13.1. The minimum absolute atomic E-state index is 0. The molecular formula is C25H35NOS. The smallest absolute Gasteiger partial charge is 0.0875 e. The van der Waals surface area contributed by atoms with E-state index in [4.69, 9.17) is 12.2 Å². The molecule has 1 saturated heterocycles. The van der Waals surface area contributed by atoms with Crippen molar-refractivity contribution in [2.24, 2.45) is 5.92 Å². The summed E-state index contributed by atoms with van der Waals surface area (Å²) in [5.41, 5.74) is 10.7. The Hall–Kier alpha value is -1.93. The van der Waals surface area contributed by atoms with E-state index < -0.39 is 0 Å². The maximum absolute atomic E-state index is 5.64. The zero-order valence-corrected chi connectivity index (χ0v) is 18.7. The Morgan fingerprint density at radius 1 is 1.25 bits per heavy atom. The third-order valence-corrected chi connectivity index (χ3v) is 5.63. The average molecular weight is 398 g/mol. The van der Waals surface area contributed by atoms with Crippen LogP contribution in [0.4, 0.5) is 0 Å². The maximum Gasteiger partial charge on any atom is 0.0875 e. The molecule has 2 N–H and O–H groups in total. The Labute approximate surface area is 176 Å². The van der Waals surface area contributed by atoms with Gasteiger partial charge in [-0.1, -0.05) is 64.4 Å². The molecule has 1 aliphatic heterocycles. The first kappa shape index (κ1) is 24.1. The first-order valence-electron chi connectivity index (χ1n) is 10.2. The summed E-state index contributed by atoms with van der Waals surface area (Å²) in [6.45, 7) is 17.4. The molecule has 152 valence electrons. The number of aryl methyl sites for hydroxylation is 2. The van der Waals surface area contributed by atoms with Crippen molar-refractivity contribution in [3.05, 3.63) is 64.5 Å². The van der Waals surface area contributed by atoms with Crippen molar-refractivity contribution < 1.29 is 5.48 Å². The van der Waals surface area contributed by atoms with Crippen molar-refractivity contribution in [1.82, 2.24) is 4.90 Å². The summed E-state index contributed by atoms with van der Waals surface area (Å²) >= 11 is 5.64. The Morgan fingerprint density at radius 2 is 1.93 bits per heavy atom. The van der Waals surface area contributed by atoms with E-state index in [9.17, 15) is 0 Å². The Morgan fingerprint density at radius 3 is 2.46 bits per heavy atom. The SMILES string of the molecule is C=C=C1/C(=C/c2cc(CC)cc(C)c2C=C)CCC(=S)N1CC1CC1.CC.O. The van der Waals surface area contributed by atoms with Crippen LogP contribution in [0.25, 0.3) is 12.2 Å². The van der Waals surface area contributed by atoms with Crippen LogP contribution in [0.1, 0.15) is 68.7 Å². The van der Waals surface area contributed by atoms with Gasteiger partial charge < -0.3 is 10.4 Å². The molecule has 0 spiro atoms. The summed E-state index contributed by atoms with van der Waals surface area (Å²) < 4.78 is 0. The van der Waals surface area contributed by atoms with Gasteiger partial charge in [-0.05, 0) is 72.4 Å². The molecular weight excluding hydrogens is 362 g/mol. The molecule has 0 aromatic heterocycles. The molecule has 1 aromatic rings. The van der Waals surface area contributed by atoms with E-state index in [1.54, 1.807) is 0 Å². The number of benzene rings is 1. The monoisotopic (exact) mass is 397 g/mol. The third-order valence-electron chi connectivity index (χ3n) is 5.21. The number of hydrogen-bond donors (Lipinski definition) is 0. The molecule has 0 bridgehead atoms. The van der Waals surface area contributed by atoms with Gasteiger partial charge in [0.1, 0.15) is 0 Å². The van der Waals surface area contributed by atoms with E-state index in [1.807, 2.05) is 19.9 Å². The Kier molecular flexibility index (Phi) is 9.61. The quantitative estimate of drug-likeness (QED) is 0.432. The average Bonchev–Trinajstić information content (AvgIpc) is 3.50. The third kappa shape index (κ3) is 5.54. The van der Waals surface area contributed by atoms with Gasteiger partial charge in [0.05, 0.1) is 10.7 Å². The summed E-state index contributed by atoms with van der Waals surface area (Å²) in [6, 6.07) is 4.55. The largest absolute Gasteiger partial charge is 0.412 e. The molecule has 1 heterocycles. The van der Waals surface area contributed by atoms with Crippen molar-refractivity contribution in [2.45, 2.75) is 59.8 Å². The second kappa shape index (κ2) is 11.2. The fourth-order valence-electron chi connectivity index (χ4n) is 3.59. The number of hydrogen-bond acceptors (Lipinski definition) is 1. The lowest BCUT2D eigenvalue weighted by Crippen LogP contribution is -2.34. The molecule has 1 aliphatic carbocycles. The van der Waals surface area contributed by atoms with Crippen LogP contribution in [0.5, 0.6) is 0 Å². The van der Waals surface area contributed by atoms with Gasteiger partial charge in [0.2, 0.25) is 0 Å². The van der Waals surface area contributed by atoms with Crippen molar-refractivity contribution in [1.29, 1.82) is 0 Å². The fourth-order valence-corrected chi connectivity index (χ4v) is 3.85. The number of allylic oxidation sites excluding steroid dienone is 1. The number of rotatable bonds is 5. The first-order valence-corrected chi connectivity index (χ1v) is 10.7. The zero-order valence-electron chi connectivity index (χ0n) is 17.9. The molecule has 0 atom stereocenters. The molecule has 0 radical (unpaired) electrons. The van der Waals surface area contributed by atoms with Crippen LogP contribution in [0.3, 0.4) is 0 Å². The van der Waals surface area contributed by atoms with Crippen LogP contribution in [-0.4, -0.2) is 21.9 Å². The van der Waals surface area contributed by atoms with Gasteiger partial charge in [-0.3, -0.25) is 0 Å². The lowest BCUT2D eigenvalue weighted by Gasteiger charge is -2.33. The van der Waals surface area contributed by atoms with Gasteiger partial charge in [0.25, 0.3) is 0 Å². The van der Waals surface area contributed by atoms with Gasteiger partial charge in [-0.15, -0.1) is 5.73 Å². The topological polar surface area (TPSA) is 34.7 Å². The van der Waals surface area contributed by atoms with Crippen molar-refractivity contribution >= 4 is 29.4 Å². The maximum atomic E-state index is 5.64. The number of thiocarbonyl (C=S) groups is 1. The highest BCUT2D eigenvalue weighted by Crippen LogP contribution is 2.36. The highest BCUT2D eigenvalue weighted by molar-refractivity contribution is 7.80. The lowest BCUT2D eigenvalue weighted by atomic mass is 9.92. The van der Waals surface area contributed by atoms with E-state index >= 15 is 0 Å². The zero-order chi connectivity index (χ0) is 20.0. The minimum Gasteiger partial charge on any atom is -0.412 e. The molecule has 28 heavy (non-hydrogen) atoms. The summed E-state index contributed by atoms with van der Waals surface area (Å²) in [4.78, 5) is 3.32. The van der Waals surface area contributed by atoms with E-state index in [2.05, 4.69) is 55.8 Å². The van der Waals surface area contributed by atoms with E-state index in [-0.39, 0.29) is 5.48 Å². The molecule has 2 fully saturated rings. The molecule has 3 rings (SSSR count). The number of likely N-dealkylation sites (tertiary alicyclic amines) is 1. The second-order valence-electron chi connectivity index (χ2n) is 7.12. The summed E-state index contributed by atoms with van der Waals surface area (Å²) in [5.74, 6) is 0.787. The molecule has 3 heteroatoms. The molecule has 2 nitrogen and oxygen atoms in total. The van der Waals surface area contributed by atoms with Gasteiger partial charge >= 0.3 is 0 Å². The molecule has 1 saturated carbocycles. The second-order valence-corrected chi connectivity index (χ2v) is 7.59. The van der Waals surface area contributed by atoms with Crippen LogP contribution >= 0.6 is 12.2 Å². The molecule has 0 unspecified atom stereocenters. The van der Waals surface area contributed by atoms with Crippen molar-refractivity contribution in [2.75, 3.05) is 6.54 Å². The van der Waals surface area contributed by atoms with Crippen LogP contribution in [-0.2, 0) is 6.42 Å². The minimum atomic E-state index is 0. The lowest BCUT2D eigenvalue weighted by molar-refractivity contribution is 0.471. The molecule has 0 amide bonds. The fraction of sp³-hybridized carbons (Fsp3) is 0.440. The summed E-state index contributed by atoms with van der Waals surface area (Å²) in [6.07, 6.45) is 9.85. The normalized spacial score (nSPS) is 17.4. The predicted molar refractivity (Wildman–Crippen MR) is 128 cm³/mol. The van der Waals surface area contributed by atoms with Crippen LogP contribution < -0.4 is 0 Å². The Balaban J connectivity index is 0.00000127. The van der Waals surface area contributed by atoms with E-state index in [0.29, 0.717) is 0 Å². The molecule has 2 aliphatic rings. The molecule has 1 aromatic carbocycles. The number of nitrogens with zero attached hydrogens (tertiary/aromatic N) is 1. The van der Waals surface area contributed by atoms with Gasteiger partial charge in [-0.25, -0.2) is 0 Å². The highest BCUT2D eigenvalue weighted by Gasteiger charge is 2.30. The highest BCUT2D eigenvalue weighted by atomic mass is 32.1. The van der Waals surface area contributed by atoms with E-state index in [1.165, 1.54) is 40.7 Å². The predicted octanol–water partition coefficient (Wildman–Crippen LogP) is 6.29. The van der Waals surface area contributed by atoms with Crippen LogP contribution in [0.2, 0.25) is 0 Å². The van der Waals surface area contributed by atoms with Crippen molar-refractivity contribution in [3.8, 4) is 0 Å². The summed E-state index contributed by atoms with van der Waals surface area (Å²) in [7, 11) is 0. The van der Waals surface area contributed by atoms with Gasteiger partial charge in [0, 0.05) is 13.0 Å². The van der Waals surface area contributed by atoms with Gasteiger partial charge in [-0.2, -0.15) is 0 Å². The standard InChI is InChI=1S/C23H27NS.C2H6.H2O/c1-5-17-12-16(4)21(6-2)20(13-17)14-19-10-11-23(25)24(22(19)7-3)15-18-8-9-18;1-2;/h6,12-14,18H,2-3,5,8-11,15H2,1,4H3;1-2H3;1H2/b19-14+;;. The van der Waals surface area contributed by atoms with Crippen molar-refractivity contribution in [3.63, 3.8) is 0 Å².